The van der Waals surface area contributed by atoms with E-state index >= 15 is 0 Å². The molecule has 1 fully saturated rings. The minimum atomic E-state index is -0.131. The molecule has 3 aromatic rings. The van der Waals surface area contributed by atoms with Crippen molar-refractivity contribution in [2.45, 2.75) is 65.7 Å². The van der Waals surface area contributed by atoms with E-state index in [1.165, 1.54) is 24.2 Å². The molecule has 0 amide bonds. The summed E-state index contributed by atoms with van der Waals surface area (Å²) in [4.78, 5) is 21.5. The first-order valence-electron chi connectivity index (χ1n) is 10.1. The summed E-state index contributed by atoms with van der Waals surface area (Å²) in [6.45, 7) is 9.03. The number of thiophene rings is 1. The molecule has 0 saturated heterocycles. The van der Waals surface area contributed by atoms with Crippen LogP contribution < -0.4 is 5.56 Å². The number of imidazole rings is 1. The molecule has 1 N–H and O–H groups in total. The highest BCUT2D eigenvalue weighted by molar-refractivity contribution is 7.19. The minimum Gasteiger partial charge on any atom is -0.303 e. The molecular formula is C21H27ClN4OS. The SMILES string of the molecule is CCc1nc([C@H]2CC[C@@H](C(C)(C)C)CC2)n2nc(-c3ccc(Cl)s3)[nH]c(=O)c12. The third kappa shape index (κ3) is 3.52. The molecule has 3 aromatic heterocycles. The smallest absolute Gasteiger partial charge is 0.277 e. The van der Waals surface area contributed by atoms with Crippen LogP contribution in [-0.4, -0.2) is 19.6 Å². The summed E-state index contributed by atoms with van der Waals surface area (Å²) in [5, 5.41) is 4.78. The van der Waals surface area contributed by atoms with Gasteiger partial charge in [0.25, 0.3) is 5.56 Å². The Morgan fingerprint density at radius 2 is 1.96 bits per heavy atom. The molecule has 0 radical (unpaired) electrons. The van der Waals surface area contributed by atoms with Gasteiger partial charge in [-0.15, -0.1) is 16.4 Å². The minimum absolute atomic E-state index is 0.131. The Bertz CT molecular complexity index is 1050. The van der Waals surface area contributed by atoms with Crippen molar-refractivity contribution >= 4 is 28.5 Å². The maximum atomic E-state index is 12.9. The fourth-order valence-corrected chi connectivity index (χ4v) is 5.36. The average molecular weight is 419 g/mol. The van der Waals surface area contributed by atoms with Gasteiger partial charge in [-0.3, -0.25) is 4.79 Å². The highest BCUT2D eigenvalue weighted by atomic mass is 35.5. The van der Waals surface area contributed by atoms with Crippen LogP contribution in [0, 0.1) is 11.3 Å². The van der Waals surface area contributed by atoms with E-state index in [-0.39, 0.29) is 5.56 Å². The summed E-state index contributed by atoms with van der Waals surface area (Å²) in [5.41, 5.74) is 1.63. The lowest BCUT2D eigenvalue weighted by molar-refractivity contribution is 0.167. The first-order valence-corrected chi connectivity index (χ1v) is 11.2. The van der Waals surface area contributed by atoms with E-state index < -0.39 is 0 Å². The van der Waals surface area contributed by atoms with Crippen LogP contribution in [-0.2, 0) is 6.42 Å². The predicted octanol–water partition coefficient (Wildman–Crippen LogP) is 5.68. The number of H-pyrrole nitrogens is 1. The van der Waals surface area contributed by atoms with Crippen LogP contribution in [0.5, 0.6) is 0 Å². The molecule has 0 bridgehead atoms. The van der Waals surface area contributed by atoms with Crippen molar-refractivity contribution in [3.05, 3.63) is 38.3 Å². The Labute approximate surface area is 174 Å². The molecule has 0 aliphatic heterocycles. The number of nitrogens with one attached hydrogen (secondary N) is 1. The molecule has 0 unspecified atom stereocenters. The molecule has 28 heavy (non-hydrogen) atoms. The van der Waals surface area contributed by atoms with Gasteiger partial charge < -0.3 is 4.98 Å². The molecule has 150 valence electrons. The van der Waals surface area contributed by atoms with Crippen molar-refractivity contribution in [3.8, 4) is 10.7 Å². The van der Waals surface area contributed by atoms with Crippen molar-refractivity contribution in [2.75, 3.05) is 0 Å². The Morgan fingerprint density at radius 3 is 2.54 bits per heavy atom. The van der Waals surface area contributed by atoms with E-state index in [0.717, 1.165) is 41.6 Å². The normalized spacial score (nSPS) is 20.8. The van der Waals surface area contributed by atoms with Crippen LogP contribution in [0.2, 0.25) is 4.34 Å². The Hall–Kier alpha value is -1.66. The monoisotopic (exact) mass is 418 g/mol. The fourth-order valence-electron chi connectivity index (χ4n) is 4.38. The summed E-state index contributed by atoms with van der Waals surface area (Å²) in [7, 11) is 0. The maximum absolute atomic E-state index is 12.9. The predicted molar refractivity (Wildman–Crippen MR) is 115 cm³/mol. The number of hydrogen-bond acceptors (Lipinski definition) is 4. The number of aromatic amines is 1. The number of hydrogen-bond donors (Lipinski definition) is 1. The molecular weight excluding hydrogens is 392 g/mol. The number of aryl methyl sites for hydroxylation is 1. The zero-order valence-corrected chi connectivity index (χ0v) is 18.5. The summed E-state index contributed by atoms with van der Waals surface area (Å²) in [6, 6.07) is 3.72. The van der Waals surface area contributed by atoms with Crippen molar-refractivity contribution in [3.63, 3.8) is 0 Å². The van der Waals surface area contributed by atoms with Crippen molar-refractivity contribution < 1.29 is 0 Å². The first-order chi connectivity index (χ1) is 13.3. The second-order valence-corrected chi connectivity index (χ2v) is 10.6. The second kappa shape index (κ2) is 7.30. The topological polar surface area (TPSA) is 63.1 Å². The van der Waals surface area contributed by atoms with Crippen molar-refractivity contribution in [1.29, 1.82) is 0 Å². The Balaban J connectivity index is 1.76. The fraction of sp³-hybridized carbons (Fsp3) is 0.571. The van der Waals surface area contributed by atoms with E-state index in [9.17, 15) is 4.79 Å². The molecule has 1 aliphatic rings. The Morgan fingerprint density at radius 1 is 1.25 bits per heavy atom. The largest absolute Gasteiger partial charge is 0.303 e. The van der Waals surface area contributed by atoms with Crippen LogP contribution >= 0.6 is 22.9 Å². The summed E-state index contributed by atoms with van der Waals surface area (Å²) in [5.74, 6) is 2.58. The molecule has 1 aliphatic carbocycles. The zero-order valence-electron chi connectivity index (χ0n) is 16.9. The van der Waals surface area contributed by atoms with Crippen LogP contribution in [0.25, 0.3) is 16.2 Å². The first kappa shape index (κ1) is 19.6. The molecule has 4 rings (SSSR count). The van der Waals surface area contributed by atoms with Gasteiger partial charge in [-0.25, -0.2) is 9.50 Å². The molecule has 0 aromatic carbocycles. The van der Waals surface area contributed by atoms with Crippen LogP contribution in [0.15, 0.2) is 16.9 Å². The van der Waals surface area contributed by atoms with Gasteiger partial charge in [0.1, 0.15) is 5.82 Å². The lowest BCUT2D eigenvalue weighted by Gasteiger charge is -2.36. The van der Waals surface area contributed by atoms with Gasteiger partial charge in [-0.1, -0.05) is 39.3 Å². The van der Waals surface area contributed by atoms with Crippen LogP contribution in [0.3, 0.4) is 0 Å². The highest BCUT2D eigenvalue weighted by Crippen LogP contribution is 2.43. The summed E-state index contributed by atoms with van der Waals surface area (Å²) < 4.78 is 2.49. The lowest BCUT2D eigenvalue weighted by atomic mass is 9.70. The summed E-state index contributed by atoms with van der Waals surface area (Å²) >= 11 is 7.49. The van der Waals surface area contributed by atoms with Crippen molar-refractivity contribution in [2.24, 2.45) is 11.3 Å². The third-order valence-corrected chi connectivity index (χ3v) is 7.30. The third-order valence-electron chi connectivity index (χ3n) is 6.06. The van der Waals surface area contributed by atoms with Gasteiger partial charge in [-0.05, 0) is 55.6 Å². The molecule has 0 atom stereocenters. The number of halogens is 1. The van der Waals surface area contributed by atoms with Gasteiger partial charge in [0, 0.05) is 5.92 Å². The molecule has 5 nitrogen and oxygen atoms in total. The number of nitrogens with zero attached hydrogens (tertiary/aromatic N) is 3. The van der Waals surface area contributed by atoms with E-state index in [1.54, 1.807) is 0 Å². The summed E-state index contributed by atoms with van der Waals surface area (Å²) in [6.07, 6.45) is 5.30. The average Bonchev–Trinajstić information content (AvgIpc) is 3.25. The number of fused-ring (bicyclic) bond motifs is 1. The van der Waals surface area contributed by atoms with Crippen molar-refractivity contribution in [1.82, 2.24) is 19.6 Å². The van der Waals surface area contributed by atoms with Gasteiger partial charge >= 0.3 is 0 Å². The zero-order chi connectivity index (χ0) is 20.1. The second-order valence-electron chi connectivity index (χ2n) is 8.85. The van der Waals surface area contributed by atoms with E-state index in [2.05, 4.69) is 25.8 Å². The van der Waals surface area contributed by atoms with Crippen LogP contribution in [0.1, 0.15) is 70.8 Å². The number of aromatic nitrogens is 4. The van der Waals surface area contributed by atoms with Gasteiger partial charge in [0.05, 0.1) is 14.9 Å². The number of rotatable bonds is 3. The lowest BCUT2D eigenvalue weighted by Crippen LogP contribution is -2.26. The molecule has 1 saturated carbocycles. The highest BCUT2D eigenvalue weighted by Gasteiger charge is 2.32. The van der Waals surface area contributed by atoms with Crippen LogP contribution in [0.4, 0.5) is 0 Å². The Kier molecular flexibility index (Phi) is 5.12. The maximum Gasteiger partial charge on any atom is 0.277 e. The molecule has 3 heterocycles. The van der Waals surface area contributed by atoms with Gasteiger partial charge in [0.15, 0.2) is 11.3 Å². The van der Waals surface area contributed by atoms with E-state index in [0.29, 0.717) is 27.0 Å². The molecule has 0 spiro atoms. The quantitative estimate of drug-likeness (QED) is 0.594. The van der Waals surface area contributed by atoms with Gasteiger partial charge in [-0.2, -0.15) is 0 Å². The van der Waals surface area contributed by atoms with Gasteiger partial charge in [0.2, 0.25) is 0 Å². The standard InChI is InChI=1S/C21H27ClN4OS/c1-5-14-17-20(27)24-18(15-10-11-16(22)28-15)25-26(17)19(23-14)12-6-8-13(9-7-12)21(2,3)4/h10-13H,5-9H2,1-4H3,(H,24,25,27)/t12-,13+. The van der Waals surface area contributed by atoms with E-state index in [4.69, 9.17) is 21.7 Å². The van der Waals surface area contributed by atoms with E-state index in [1.807, 2.05) is 23.6 Å². The molecule has 7 heteroatoms.